The largest absolute Gasteiger partial charge is 0.490 e. The Kier molecular flexibility index (Phi) is 2.21. The molecule has 0 saturated heterocycles. The highest BCUT2D eigenvalue weighted by molar-refractivity contribution is 5.44. The average Bonchev–Trinajstić information content (AvgIpc) is 3.13. The van der Waals surface area contributed by atoms with Crippen LogP contribution in [0.5, 0.6) is 11.5 Å². The summed E-state index contributed by atoms with van der Waals surface area (Å²) in [7, 11) is 0. The molecule has 0 radical (unpaired) electrons. The molecule has 0 N–H and O–H groups in total. The zero-order chi connectivity index (χ0) is 11.0. The van der Waals surface area contributed by atoms with Crippen molar-refractivity contribution in [1.29, 1.82) is 5.26 Å². The Bertz CT molecular complexity index is 409. The summed E-state index contributed by atoms with van der Waals surface area (Å²) in [5, 5.41) is 8.92. The molecule has 3 heteroatoms. The maximum absolute atomic E-state index is 8.92. The lowest BCUT2D eigenvalue weighted by molar-refractivity contribution is 0.287. The van der Waals surface area contributed by atoms with Crippen LogP contribution in [0.15, 0.2) is 18.2 Å². The summed E-state index contributed by atoms with van der Waals surface area (Å²) in [6, 6.07) is 7.57. The third-order valence-corrected chi connectivity index (χ3v) is 2.66. The van der Waals surface area contributed by atoms with Gasteiger partial charge in [-0.15, -0.1) is 0 Å². The molecule has 0 heterocycles. The minimum Gasteiger partial charge on any atom is -0.490 e. The fourth-order valence-electron chi connectivity index (χ4n) is 1.53. The van der Waals surface area contributed by atoms with Crippen molar-refractivity contribution in [2.45, 2.75) is 37.9 Å². The summed E-state index contributed by atoms with van der Waals surface area (Å²) in [6.45, 7) is 0. The molecule has 16 heavy (non-hydrogen) atoms. The number of benzene rings is 1. The van der Waals surface area contributed by atoms with E-state index in [1.54, 1.807) is 12.1 Å². The van der Waals surface area contributed by atoms with E-state index in [2.05, 4.69) is 6.07 Å². The van der Waals surface area contributed by atoms with Gasteiger partial charge >= 0.3 is 0 Å². The van der Waals surface area contributed by atoms with Crippen LogP contribution in [-0.2, 0) is 0 Å². The van der Waals surface area contributed by atoms with E-state index in [1.807, 2.05) is 6.07 Å². The normalized spacial score (nSPS) is 18.9. The van der Waals surface area contributed by atoms with E-state index in [0.29, 0.717) is 17.8 Å². The molecule has 0 atom stereocenters. The topological polar surface area (TPSA) is 42.2 Å². The highest BCUT2D eigenvalue weighted by atomic mass is 16.5. The Morgan fingerprint density at radius 2 is 1.44 bits per heavy atom. The fraction of sp³-hybridized carbons (Fsp3) is 0.462. The average molecular weight is 215 g/mol. The maximum Gasteiger partial charge on any atom is 0.124 e. The van der Waals surface area contributed by atoms with Crippen molar-refractivity contribution in [2.75, 3.05) is 0 Å². The SMILES string of the molecule is N#Cc1cc(OC2CC2)cc(OC2CC2)c1. The molecule has 0 spiro atoms. The van der Waals surface area contributed by atoms with Gasteiger partial charge in [-0.25, -0.2) is 0 Å². The molecule has 1 aromatic rings. The molecule has 2 aliphatic carbocycles. The lowest BCUT2D eigenvalue weighted by Gasteiger charge is -2.09. The summed E-state index contributed by atoms with van der Waals surface area (Å²) in [4.78, 5) is 0. The summed E-state index contributed by atoms with van der Waals surface area (Å²) in [5.74, 6) is 1.52. The first-order valence-corrected chi connectivity index (χ1v) is 5.72. The smallest absolute Gasteiger partial charge is 0.124 e. The lowest BCUT2D eigenvalue weighted by atomic mass is 10.2. The molecule has 2 saturated carbocycles. The van der Waals surface area contributed by atoms with Gasteiger partial charge < -0.3 is 9.47 Å². The molecule has 1 aromatic carbocycles. The molecule has 82 valence electrons. The number of ether oxygens (including phenoxy) is 2. The van der Waals surface area contributed by atoms with Gasteiger partial charge in [0.05, 0.1) is 23.8 Å². The van der Waals surface area contributed by atoms with E-state index in [9.17, 15) is 0 Å². The predicted molar refractivity (Wildman–Crippen MR) is 58.5 cm³/mol. The highest BCUT2D eigenvalue weighted by Gasteiger charge is 2.25. The standard InChI is InChI=1S/C13H13NO2/c14-8-9-5-12(15-10-1-2-10)7-13(6-9)16-11-3-4-11/h5-7,10-11H,1-4H2. The zero-order valence-corrected chi connectivity index (χ0v) is 8.98. The van der Waals surface area contributed by atoms with E-state index in [1.165, 1.54) is 0 Å². The van der Waals surface area contributed by atoms with Crippen molar-refractivity contribution in [3.05, 3.63) is 23.8 Å². The molecule has 0 unspecified atom stereocenters. The maximum atomic E-state index is 8.92. The second kappa shape index (κ2) is 3.71. The van der Waals surface area contributed by atoms with Gasteiger partial charge in [-0.3, -0.25) is 0 Å². The molecule has 0 aromatic heterocycles. The van der Waals surface area contributed by atoms with Gasteiger partial charge in [-0.2, -0.15) is 5.26 Å². The molecule has 3 nitrogen and oxygen atoms in total. The van der Waals surface area contributed by atoms with Crippen LogP contribution in [0.3, 0.4) is 0 Å². The van der Waals surface area contributed by atoms with Crippen molar-refractivity contribution in [2.24, 2.45) is 0 Å². The number of nitriles is 1. The minimum atomic E-state index is 0.350. The molecule has 2 aliphatic rings. The van der Waals surface area contributed by atoms with Gasteiger partial charge in [-0.05, 0) is 37.8 Å². The van der Waals surface area contributed by atoms with Crippen molar-refractivity contribution >= 4 is 0 Å². The lowest BCUT2D eigenvalue weighted by Crippen LogP contribution is -1.99. The van der Waals surface area contributed by atoms with Crippen LogP contribution < -0.4 is 9.47 Å². The van der Waals surface area contributed by atoms with Crippen LogP contribution >= 0.6 is 0 Å². The Morgan fingerprint density at radius 1 is 0.938 bits per heavy atom. The number of hydrogen-bond donors (Lipinski definition) is 0. The zero-order valence-electron chi connectivity index (χ0n) is 8.98. The van der Waals surface area contributed by atoms with E-state index in [4.69, 9.17) is 14.7 Å². The Morgan fingerprint density at radius 3 is 1.81 bits per heavy atom. The first-order valence-electron chi connectivity index (χ1n) is 5.72. The van der Waals surface area contributed by atoms with Crippen LogP contribution in [0.1, 0.15) is 31.2 Å². The summed E-state index contributed by atoms with van der Waals surface area (Å²) in [6.07, 6.45) is 5.18. The van der Waals surface area contributed by atoms with Gasteiger partial charge in [0.25, 0.3) is 0 Å². The molecule has 3 rings (SSSR count). The highest BCUT2D eigenvalue weighted by Crippen LogP contribution is 2.32. The fourth-order valence-corrected chi connectivity index (χ4v) is 1.53. The van der Waals surface area contributed by atoms with Crippen LogP contribution in [0.2, 0.25) is 0 Å². The van der Waals surface area contributed by atoms with E-state index in [-0.39, 0.29) is 0 Å². The predicted octanol–water partition coefficient (Wildman–Crippen LogP) is 2.64. The third kappa shape index (κ3) is 2.27. The van der Waals surface area contributed by atoms with Crippen LogP contribution in [-0.4, -0.2) is 12.2 Å². The number of rotatable bonds is 4. The monoisotopic (exact) mass is 215 g/mol. The Hall–Kier alpha value is -1.69. The van der Waals surface area contributed by atoms with Crippen molar-refractivity contribution < 1.29 is 9.47 Å². The quantitative estimate of drug-likeness (QED) is 0.775. The van der Waals surface area contributed by atoms with Crippen molar-refractivity contribution in [3.63, 3.8) is 0 Å². The Labute approximate surface area is 94.6 Å². The van der Waals surface area contributed by atoms with E-state index < -0.39 is 0 Å². The summed E-state index contributed by atoms with van der Waals surface area (Å²) in [5.41, 5.74) is 0.605. The van der Waals surface area contributed by atoms with E-state index in [0.717, 1.165) is 37.2 Å². The van der Waals surface area contributed by atoms with Crippen molar-refractivity contribution in [1.82, 2.24) is 0 Å². The molecule has 2 fully saturated rings. The molecule has 0 bridgehead atoms. The summed E-state index contributed by atoms with van der Waals surface area (Å²) >= 11 is 0. The molecule has 0 aliphatic heterocycles. The van der Waals surface area contributed by atoms with Crippen LogP contribution in [0.25, 0.3) is 0 Å². The second-order valence-electron chi connectivity index (χ2n) is 4.44. The third-order valence-electron chi connectivity index (χ3n) is 2.66. The molecular formula is C13H13NO2. The van der Waals surface area contributed by atoms with Crippen molar-refractivity contribution in [3.8, 4) is 17.6 Å². The minimum absolute atomic E-state index is 0.350. The van der Waals surface area contributed by atoms with Crippen LogP contribution in [0.4, 0.5) is 0 Å². The number of nitrogens with zero attached hydrogens (tertiary/aromatic N) is 1. The second-order valence-corrected chi connectivity index (χ2v) is 4.44. The Balaban J connectivity index is 1.81. The van der Waals surface area contributed by atoms with Crippen LogP contribution in [0, 0.1) is 11.3 Å². The van der Waals surface area contributed by atoms with Gasteiger partial charge in [0, 0.05) is 6.07 Å². The number of hydrogen-bond acceptors (Lipinski definition) is 3. The summed E-state index contributed by atoms with van der Waals surface area (Å²) < 4.78 is 11.4. The van der Waals surface area contributed by atoms with Gasteiger partial charge in [-0.1, -0.05) is 0 Å². The van der Waals surface area contributed by atoms with Gasteiger partial charge in [0.2, 0.25) is 0 Å². The van der Waals surface area contributed by atoms with E-state index >= 15 is 0 Å². The molecule has 0 amide bonds. The van der Waals surface area contributed by atoms with Gasteiger partial charge in [0.15, 0.2) is 0 Å². The van der Waals surface area contributed by atoms with Gasteiger partial charge in [0.1, 0.15) is 11.5 Å². The molecular weight excluding hydrogens is 202 g/mol. The first kappa shape index (κ1) is 9.53. The first-order chi connectivity index (χ1) is 7.83.